The lowest BCUT2D eigenvalue weighted by molar-refractivity contribution is -0.0154. The predicted octanol–water partition coefficient (Wildman–Crippen LogP) is 8.04. The first kappa shape index (κ1) is 22.1. The van der Waals surface area contributed by atoms with Crippen LogP contribution in [0, 0.1) is 5.92 Å². The van der Waals surface area contributed by atoms with Gasteiger partial charge in [0.1, 0.15) is 0 Å². The maximum absolute atomic E-state index is 11.2. The van der Waals surface area contributed by atoms with Crippen LogP contribution < -0.4 is 0 Å². The molecule has 29 heavy (non-hydrogen) atoms. The van der Waals surface area contributed by atoms with E-state index in [-0.39, 0.29) is 0 Å². The predicted molar refractivity (Wildman–Crippen MR) is 125 cm³/mol. The number of unbranched alkanes of at least 4 members (excludes halogenated alkanes) is 4. The highest BCUT2D eigenvalue weighted by molar-refractivity contribution is 5.64. The minimum Gasteiger partial charge on any atom is -0.385 e. The molecule has 1 aliphatic rings. The molecule has 3 rings (SSSR count). The number of benzene rings is 2. The average Bonchev–Trinajstić information content (AvgIpc) is 2.76. The summed E-state index contributed by atoms with van der Waals surface area (Å²) in [5.74, 6) is 0.817. The molecule has 1 N–H and O–H groups in total. The van der Waals surface area contributed by atoms with Crippen molar-refractivity contribution in [3.8, 4) is 11.1 Å². The quantitative estimate of drug-likeness (QED) is 0.405. The Kier molecular flexibility index (Phi) is 8.36. The second kappa shape index (κ2) is 11.0. The Labute approximate surface area is 178 Å². The Morgan fingerprint density at radius 1 is 0.759 bits per heavy atom. The van der Waals surface area contributed by atoms with Crippen LogP contribution in [0.5, 0.6) is 0 Å². The zero-order valence-electron chi connectivity index (χ0n) is 18.6. The van der Waals surface area contributed by atoms with Crippen molar-refractivity contribution in [2.24, 2.45) is 5.92 Å². The van der Waals surface area contributed by atoms with E-state index in [9.17, 15) is 5.11 Å². The van der Waals surface area contributed by atoms with E-state index < -0.39 is 5.60 Å². The van der Waals surface area contributed by atoms with Gasteiger partial charge in [0.2, 0.25) is 0 Å². The third-order valence-corrected chi connectivity index (χ3v) is 6.93. The van der Waals surface area contributed by atoms with Gasteiger partial charge in [0.25, 0.3) is 0 Å². The first-order valence-corrected chi connectivity index (χ1v) is 12.1. The number of aliphatic hydroxyl groups is 1. The maximum atomic E-state index is 11.2. The highest BCUT2D eigenvalue weighted by Gasteiger charge is 2.34. The topological polar surface area (TPSA) is 20.2 Å². The lowest BCUT2D eigenvalue weighted by atomic mass is 9.74. The molecule has 0 radical (unpaired) electrons. The minimum atomic E-state index is -0.622. The van der Waals surface area contributed by atoms with E-state index in [0.29, 0.717) is 0 Å². The zero-order chi connectivity index (χ0) is 20.5. The van der Waals surface area contributed by atoms with Gasteiger partial charge in [0, 0.05) is 0 Å². The monoisotopic (exact) mass is 392 g/mol. The van der Waals surface area contributed by atoms with E-state index >= 15 is 0 Å². The van der Waals surface area contributed by atoms with Crippen LogP contribution in [0.25, 0.3) is 11.1 Å². The smallest absolute Gasteiger partial charge is 0.0896 e. The second-order valence-corrected chi connectivity index (χ2v) is 9.20. The van der Waals surface area contributed by atoms with Crippen LogP contribution in [-0.4, -0.2) is 5.11 Å². The molecular formula is C28H40O. The van der Waals surface area contributed by atoms with Crippen molar-refractivity contribution in [3.05, 3.63) is 59.7 Å². The molecule has 2 aromatic rings. The Balaban J connectivity index is 1.57. The summed E-state index contributed by atoms with van der Waals surface area (Å²) < 4.78 is 0. The SMILES string of the molecule is CCCCCc1ccc(-c2ccc(C3(O)CCC(CCCCC)CC3)cc2)cc1. The first-order chi connectivity index (χ1) is 14.1. The molecule has 0 aromatic heterocycles. The zero-order valence-corrected chi connectivity index (χ0v) is 18.6. The molecule has 0 heterocycles. The summed E-state index contributed by atoms with van der Waals surface area (Å²) in [5, 5.41) is 11.2. The fraction of sp³-hybridized carbons (Fsp3) is 0.571. The summed E-state index contributed by atoms with van der Waals surface area (Å²) in [6, 6.07) is 17.7. The van der Waals surface area contributed by atoms with Crippen molar-refractivity contribution in [3.63, 3.8) is 0 Å². The van der Waals surface area contributed by atoms with E-state index in [2.05, 4.69) is 62.4 Å². The molecule has 158 valence electrons. The van der Waals surface area contributed by atoms with E-state index in [4.69, 9.17) is 0 Å². The van der Waals surface area contributed by atoms with E-state index in [0.717, 1.165) is 24.3 Å². The molecular weight excluding hydrogens is 352 g/mol. The highest BCUT2D eigenvalue weighted by atomic mass is 16.3. The van der Waals surface area contributed by atoms with Crippen LogP contribution in [0.3, 0.4) is 0 Å². The lowest BCUT2D eigenvalue weighted by Crippen LogP contribution is -2.31. The summed E-state index contributed by atoms with van der Waals surface area (Å²) in [6.07, 6.45) is 14.5. The minimum absolute atomic E-state index is 0.622. The molecule has 0 aliphatic heterocycles. The molecule has 0 unspecified atom stereocenters. The van der Waals surface area contributed by atoms with Crippen LogP contribution in [-0.2, 0) is 12.0 Å². The van der Waals surface area contributed by atoms with Crippen molar-refractivity contribution in [1.29, 1.82) is 0 Å². The standard InChI is InChI=1S/C28H40O/c1-3-5-7-9-23-11-13-25(14-12-23)26-15-17-27(18-16-26)28(29)21-19-24(20-22-28)10-8-6-4-2/h11-18,24,29H,3-10,19-22H2,1-2H3. The van der Waals surface area contributed by atoms with Crippen molar-refractivity contribution < 1.29 is 5.11 Å². The molecule has 1 saturated carbocycles. The Morgan fingerprint density at radius 3 is 1.90 bits per heavy atom. The molecule has 0 saturated heterocycles. The molecule has 0 spiro atoms. The van der Waals surface area contributed by atoms with E-state index in [1.807, 2.05) is 0 Å². The van der Waals surface area contributed by atoms with Gasteiger partial charge < -0.3 is 5.11 Å². The number of aryl methyl sites for hydroxylation is 1. The van der Waals surface area contributed by atoms with Gasteiger partial charge in [-0.25, -0.2) is 0 Å². The maximum Gasteiger partial charge on any atom is 0.0896 e. The molecule has 1 heteroatoms. The molecule has 0 bridgehead atoms. The first-order valence-electron chi connectivity index (χ1n) is 12.1. The summed E-state index contributed by atoms with van der Waals surface area (Å²) in [6.45, 7) is 4.52. The largest absolute Gasteiger partial charge is 0.385 e. The van der Waals surface area contributed by atoms with Gasteiger partial charge in [0.05, 0.1) is 5.60 Å². The molecule has 1 aliphatic carbocycles. The summed E-state index contributed by atoms with van der Waals surface area (Å²) in [4.78, 5) is 0. The summed E-state index contributed by atoms with van der Waals surface area (Å²) >= 11 is 0. The van der Waals surface area contributed by atoms with Gasteiger partial charge in [-0.05, 0) is 66.7 Å². The Bertz CT molecular complexity index is 705. The van der Waals surface area contributed by atoms with E-state index in [1.165, 1.54) is 80.9 Å². The molecule has 1 nitrogen and oxygen atoms in total. The van der Waals surface area contributed by atoms with Gasteiger partial charge in [-0.15, -0.1) is 0 Å². The van der Waals surface area contributed by atoms with E-state index in [1.54, 1.807) is 0 Å². The second-order valence-electron chi connectivity index (χ2n) is 9.20. The summed E-state index contributed by atoms with van der Waals surface area (Å²) in [5.41, 5.74) is 4.42. The van der Waals surface area contributed by atoms with Crippen LogP contribution in [0.4, 0.5) is 0 Å². The summed E-state index contributed by atoms with van der Waals surface area (Å²) in [7, 11) is 0. The van der Waals surface area contributed by atoms with Gasteiger partial charge >= 0.3 is 0 Å². The van der Waals surface area contributed by atoms with Crippen molar-refractivity contribution >= 4 is 0 Å². The average molecular weight is 393 g/mol. The van der Waals surface area contributed by atoms with Crippen LogP contribution in [0.2, 0.25) is 0 Å². The van der Waals surface area contributed by atoms with Crippen LogP contribution in [0.1, 0.15) is 95.6 Å². The normalized spacial score (nSPS) is 22.0. The fourth-order valence-electron chi connectivity index (χ4n) is 4.83. The fourth-order valence-corrected chi connectivity index (χ4v) is 4.83. The van der Waals surface area contributed by atoms with Gasteiger partial charge in [0.15, 0.2) is 0 Å². The molecule has 2 aromatic carbocycles. The van der Waals surface area contributed by atoms with Crippen molar-refractivity contribution in [1.82, 2.24) is 0 Å². The van der Waals surface area contributed by atoms with Gasteiger partial charge in [-0.1, -0.05) is 101 Å². The van der Waals surface area contributed by atoms with Crippen LogP contribution >= 0.6 is 0 Å². The third kappa shape index (κ3) is 6.19. The molecule has 0 amide bonds. The molecule has 0 atom stereocenters. The molecule has 1 fully saturated rings. The van der Waals surface area contributed by atoms with Crippen molar-refractivity contribution in [2.45, 2.75) is 96.5 Å². The van der Waals surface area contributed by atoms with Crippen LogP contribution in [0.15, 0.2) is 48.5 Å². The highest BCUT2D eigenvalue weighted by Crippen LogP contribution is 2.41. The third-order valence-electron chi connectivity index (χ3n) is 6.93. The Hall–Kier alpha value is -1.60. The number of hydrogen-bond acceptors (Lipinski definition) is 1. The van der Waals surface area contributed by atoms with Gasteiger partial charge in [-0.3, -0.25) is 0 Å². The lowest BCUT2D eigenvalue weighted by Gasteiger charge is -2.36. The Morgan fingerprint density at radius 2 is 1.31 bits per heavy atom. The van der Waals surface area contributed by atoms with Crippen molar-refractivity contribution in [2.75, 3.05) is 0 Å². The number of hydrogen-bond donors (Lipinski definition) is 1. The number of rotatable bonds is 10. The van der Waals surface area contributed by atoms with Gasteiger partial charge in [-0.2, -0.15) is 0 Å².